The third-order valence-electron chi connectivity index (χ3n) is 2.38. The summed E-state index contributed by atoms with van der Waals surface area (Å²) in [5.74, 6) is -1.02. The van der Waals surface area contributed by atoms with Crippen molar-refractivity contribution in [2.75, 3.05) is 0 Å². The van der Waals surface area contributed by atoms with Gasteiger partial charge in [-0.05, 0) is 45.8 Å². The lowest BCUT2D eigenvalue weighted by Crippen LogP contribution is -1.92. The molecule has 0 heterocycles. The minimum absolute atomic E-state index is 0.195. The van der Waals surface area contributed by atoms with E-state index in [1.807, 2.05) is 0 Å². The number of benzene rings is 2. The molecule has 0 spiro atoms. The van der Waals surface area contributed by atoms with Gasteiger partial charge in [0.25, 0.3) is 0 Å². The maximum absolute atomic E-state index is 13.9. The van der Waals surface area contributed by atoms with Gasteiger partial charge in [0.2, 0.25) is 0 Å². The molecule has 0 atom stereocenters. The lowest BCUT2D eigenvalue weighted by molar-refractivity contribution is 0.112. The van der Waals surface area contributed by atoms with Gasteiger partial charge in [-0.15, -0.1) is 0 Å². The second-order valence-electron chi connectivity index (χ2n) is 3.45. The van der Waals surface area contributed by atoms with Crippen LogP contribution in [0.5, 0.6) is 0 Å². The molecular formula is C13H7BrF2O. The number of hydrogen-bond donors (Lipinski definition) is 0. The van der Waals surface area contributed by atoms with Gasteiger partial charge < -0.3 is 0 Å². The molecule has 17 heavy (non-hydrogen) atoms. The van der Waals surface area contributed by atoms with E-state index >= 15 is 0 Å². The van der Waals surface area contributed by atoms with Crippen LogP contribution in [0.2, 0.25) is 0 Å². The van der Waals surface area contributed by atoms with Crippen LogP contribution in [0.3, 0.4) is 0 Å². The summed E-state index contributed by atoms with van der Waals surface area (Å²) in [4.78, 5) is 10.9. The number of halogens is 3. The van der Waals surface area contributed by atoms with Crippen molar-refractivity contribution in [1.82, 2.24) is 0 Å². The summed E-state index contributed by atoms with van der Waals surface area (Å²) in [6, 6.07) is 8.32. The molecule has 0 saturated carbocycles. The van der Waals surface area contributed by atoms with E-state index in [0.717, 1.165) is 6.07 Å². The van der Waals surface area contributed by atoms with E-state index in [0.29, 0.717) is 6.29 Å². The zero-order valence-electron chi connectivity index (χ0n) is 8.58. The van der Waals surface area contributed by atoms with E-state index in [4.69, 9.17) is 0 Å². The highest BCUT2D eigenvalue weighted by Gasteiger charge is 2.12. The highest BCUT2D eigenvalue weighted by molar-refractivity contribution is 9.10. The first kappa shape index (κ1) is 11.9. The third kappa shape index (κ3) is 2.26. The summed E-state index contributed by atoms with van der Waals surface area (Å²) in [5, 5.41) is 0. The SMILES string of the molecule is O=Cc1ccc(F)cc1-c1cccc(Br)c1F. The molecule has 0 aliphatic carbocycles. The Balaban J connectivity index is 2.71. The fourth-order valence-corrected chi connectivity index (χ4v) is 1.94. The Labute approximate surface area is 105 Å². The van der Waals surface area contributed by atoms with Crippen LogP contribution in [0.15, 0.2) is 40.9 Å². The van der Waals surface area contributed by atoms with Gasteiger partial charge in [0.1, 0.15) is 11.6 Å². The lowest BCUT2D eigenvalue weighted by atomic mass is 10.00. The molecule has 0 aliphatic rings. The minimum Gasteiger partial charge on any atom is -0.298 e. The molecule has 0 amide bonds. The first-order valence-corrected chi connectivity index (χ1v) is 5.62. The van der Waals surface area contributed by atoms with Crippen molar-refractivity contribution in [3.8, 4) is 11.1 Å². The Bertz CT molecular complexity index is 582. The van der Waals surface area contributed by atoms with E-state index in [2.05, 4.69) is 15.9 Å². The Morgan fingerprint density at radius 2 is 1.82 bits per heavy atom. The van der Waals surface area contributed by atoms with Crippen LogP contribution >= 0.6 is 15.9 Å². The van der Waals surface area contributed by atoms with Gasteiger partial charge in [-0.2, -0.15) is 0 Å². The van der Waals surface area contributed by atoms with Gasteiger partial charge in [-0.3, -0.25) is 4.79 Å². The van der Waals surface area contributed by atoms with Gasteiger partial charge in [0.05, 0.1) is 4.47 Å². The summed E-state index contributed by atoms with van der Waals surface area (Å²) in [6.07, 6.45) is 0.578. The van der Waals surface area contributed by atoms with E-state index in [1.54, 1.807) is 12.1 Å². The van der Waals surface area contributed by atoms with Crippen molar-refractivity contribution >= 4 is 22.2 Å². The van der Waals surface area contributed by atoms with Crippen molar-refractivity contribution < 1.29 is 13.6 Å². The van der Waals surface area contributed by atoms with Gasteiger partial charge in [0.15, 0.2) is 6.29 Å². The van der Waals surface area contributed by atoms with Crippen molar-refractivity contribution in [1.29, 1.82) is 0 Å². The van der Waals surface area contributed by atoms with Crippen LogP contribution in [0.25, 0.3) is 11.1 Å². The molecule has 4 heteroatoms. The maximum atomic E-state index is 13.9. The summed E-state index contributed by atoms with van der Waals surface area (Å²) < 4.78 is 27.3. The Hall–Kier alpha value is -1.55. The molecule has 0 N–H and O–H groups in total. The molecule has 0 aromatic heterocycles. The molecule has 86 valence electrons. The van der Waals surface area contributed by atoms with Crippen molar-refractivity contribution in [2.24, 2.45) is 0 Å². The zero-order valence-corrected chi connectivity index (χ0v) is 10.2. The van der Waals surface area contributed by atoms with Gasteiger partial charge >= 0.3 is 0 Å². The summed E-state index contributed by atoms with van der Waals surface area (Å²) in [7, 11) is 0. The maximum Gasteiger partial charge on any atom is 0.150 e. The van der Waals surface area contributed by atoms with E-state index in [9.17, 15) is 13.6 Å². The molecule has 1 nitrogen and oxygen atoms in total. The number of carbonyl (C=O) groups is 1. The molecule has 0 fully saturated rings. The second kappa shape index (κ2) is 4.75. The molecular weight excluding hydrogens is 290 g/mol. The molecule has 0 aliphatic heterocycles. The van der Waals surface area contributed by atoms with E-state index in [-0.39, 0.29) is 21.2 Å². The van der Waals surface area contributed by atoms with Gasteiger partial charge in [-0.25, -0.2) is 8.78 Å². The van der Waals surface area contributed by atoms with Crippen LogP contribution in [0.1, 0.15) is 10.4 Å². The molecule has 0 saturated heterocycles. The zero-order chi connectivity index (χ0) is 12.4. The predicted octanol–water partition coefficient (Wildman–Crippen LogP) is 4.21. The first-order chi connectivity index (χ1) is 8.13. The number of aldehydes is 1. The molecule has 2 rings (SSSR count). The molecule has 2 aromatic carbocycles. The fraction of sp³-hybridized carbons (Fsp3) is 0. The van der Waals surface area contributed by atoms with Gasteiger partial charge in [0, 0.05) is 11.1 Å². The van der Waals surface area contributed by atoms with E-state index < -0.39 is 11.6 Å². The summed E-state index contributed by atoms with van der Waals surface area (Å²) >= 11 is 3.05. The second-order valence-corrected chi connectivity index (χ2v) is 4.31. The normalized spacial score (nSPS) is 10.3. The Morgan fingerprint density at radius 3 is 2.53 bits per heavy atom. The largest absolute Gasteiger partial charge is 0.298 e. The average molecular weight is 297 g/mol. The van der Waals surface area contributed by atoms with Crippen LogP contribution < -0.4 is 0 Å². The number of rotatable bonds is 2. The van der Waals surface area contributed by atoms with Crippen LogP contribution in [0, 0.1) is 11.6 Å². The number of carbonyl (C=O) groups excluding carboxylic acids is 1. The first-order valence-electron chi connectivity index (χ1n) is 4.82. The van der Waals surface area contributed by atoms with E-state index in [1.165, 1.54) is 18.2 Å². The highest BCUT2D eigenvalue weighted by Crippen LogP contribution is 2.30. The van der Waals surface area contributed by atoms with Crippen LogP contribution in [-0.2, 0) is 0 Å². The third-order valence-corrected chi connectivity index (χ3v) is 3.00. The molecule has 0 unspecified atom stereocenters. The molecule has 2 aromatic rings. The quantitative estimate of drug-likeness (QED) is 0.759. The summed E-state index contributed by atoms with van der Waals surface area (Å²) in [6.45, 7) is 0. The summed E-state index contributed by atoms with van der Waals surface area (Å²) in [5.41, 5.74) is 0.697. The smallest absolute Gasteiger partial charge is 0.150 e. The molecule has 0 bridgehead atoms. The monoisotopic (exact) mass is 296 g/mol. The van der Waals surface area contributed by atoms with Crippen molar-refractivity contribution in [3.63, 3.8) is 0 Å². The van der Waals surface area contributed by atoms with Crippen molar-refractivity contribution in [3.05, 3.63) is 58.1 Å². The topological polar surface area (TPSA) is 17.1 Å². The Kier molecular flexibility index (Phi) is 3.33. The fourth-order valence-electron chi connectivity index (χ4n) is 1.58. The van der Waals surface area contributed by atoms with Crippen molar-refractivity contribution in [2.45, 2.75) is 0 Å². The predicted molar refractivity (Wildman–Crippen MR) is 64.9 cm³/mol. The minimum atomic E-state index is -0.513. The molecule has 0 radical (unpaired) electrons. The Morgan fingerprint density at radius 1 is 1.06 bits per heavy atom. The van der Waals surface area contributed by atoms with Crippen LogP contribution in [0.4, 0.5) is 8.78 Å². The van der Waals surface area contributed by atoms with Gasteiger partial charge in [-0.1, -0.05) is 12.1 Å². The van der Waals surface area contributed by atoms with Crippen LogP contribution in [-0.4, -0.2) is 6.29 Å². The average Bonchev–Trinajstić information content (AvgIpc) is 2.33. The highest BCUT2D eigenvalue weighted by atomic mass is 79.9. The standard InChI is InChI=1S/C13H7BrF2O/c14-12-3-1-2-10(13(12)16)11-6-9(15)5-4-8(11)7-17/h1-7H. The lowest BCUT2D eigenvalue weighted by Gasteiger charge is -2.07. The number of hydrogen-bond acceptors (Lipinski definition) is 1.